The average Bonchev–Trinajstić information content (AvgIpc) is 3.05. The fraction of sp³-hybridized carbons (Fsp3) is 0.450. The number of benzene rings is 1. The average molecular weight is 354 g/mol. The number of carbonyl (C=O) groups is 2. The van der Waals surface area contributed by atoms with Crippen LogP contribution in [0.4, 0.5) is 0 Å². The number of hydrogen-bond donors (Lipinski definition) is 2. The van der Waals surface area contributed by atoms with Crippen LogP contribution in [0.15, 0.2) is 36.0 Å². The van der Waals surface area contributed by atoms with E-state index in [1.165, 1.54) is 17.3 Å². The van der Waals surface area contributed by atoms with Gasteiger partial charge >= 0.3 is 0 Å². The predicted octanol–water partition coefficient (Wildman–Crippen LogP) is 1.66. The molecule has 0 aromatic heterocycles. The van der Waals surface area contributed by atoms with Gasteiger partial charge in [-0.15, -0.1) is 0 Å². The first kappa shape index (κ1) is 19.5. The van der Waals surface area contributed by atoms with Crippen molar-refractivity contribution in [2.45, 2.75) is 32.6 Å². The van der Waals surface area contributed by atoms with Gasteiger partial charge in [0.15, 0.2) is 0 Å². The van der Waals surface area contributed by atoms with E-state index >= 15 is 0 Å². The van der Waals surface area contributed by atoms with Crippen LogP contribution in [0.5, 0.6) is 0 Å². The summed E-state index contributed by atoms with van der Waals surface area (Å²) in [4.78, 5) is 25.4. The highest BCUT2D eigenvalue weighted by Gasteiger charge is 2.19. The van der Waals surface area contributed by atoms with Gasteiger partial charge < -0.3 is 15.5 Å². The van der Waals surface area contributed by atoms with Crippen LogP contribution in [0.25, 0.3) is 0 Å². The normalized spacial score (nSPS) is 14.2. The third-order valence-electron chi connectivity index (χ3n) is 4.47. The Kier molecular flexibility index (Phi) is 7.69. The van der Waals surface area contributed by atoms with Crippen molar-refractivity contribution in [2.24, 2.45) is 0 Å². The van der Waals surface area contributed by atoms with Gasteiger partial charge in [-0.1, -0.05) is 24.3 Å². The Morgan fingerprint density at radius 1 is 1.35 bits per heavy atom. The van der Waals surface area contributed by atoms with Crippen LogP contribution < -0.4 is 10.6 Å². The smallest absolute Gasteiger partial charge is 0.263 e. The van der Waals surface area contributed by atoms with Gasteiger partial charge in [0.2, 0.25) is 5.91 Å². The maximum Gasteiger partial charge on any atom is 0.263 e. The Balaban J connectivity index is 1.68. The van der Waals surface area contributed by atoms with Crippen LogP contribution in [0.3, 0.4) is 0 Å². The van der Waals surface area contributed by atoms with E-state index in [1.54, 1.807) is 0 Å². The van der Waals surface area contributed by atoms with Crippen LogP contribution in [0, 0.1) is 18.3 Å². The van der Waals surface area contributed by atoms with Crippen molar-refractivity contribution < 1.29 is 9.59 Å². The predicted molar refractivity (Wildman–Crippen MR) is 100 cm³/mol. The molecule has 0 aliphatic carbocycles. The molecule has 1 aliphatic rings. The van der Waals surface area contributed by atoms with Gasteiger partial charge in [-0.2, -0.15) is 5.26 Å². The van der Waals surface area contributed by atoms with Crippen molar-refractivity contribution in [3.63, 3.8) is 0 Å². The fourth-order valence-corrected chi connectivity index (χ4v) is 2.93. The van der Waals surface area contributed by atoms with Crippen LogP contribution in [-0.2, 0) is 16.0 Å². The Morgan fingerprint density at radius 3 is 2.85 bits per heavy atom. The minimum Gasteiger partial charge on any atom is -0.389 e. The van der Waals surface area contributed by atoms with E-state index < -0.39 is 0 Å². The summed E-state index contributed by atoms with van der Waals surface area (Å²) < 4.78 is 0. The lowest BCUT2D eigenvalue weighted by Crippen LogP contribution is -2.31. The monoisotopic (exact) mass is 354 g/mol. The summed E-state index contributed by atoms with van der Waals surface area (Å²) in [7, 11) is 0. The summed E-state index contributed by atoms with van der Waals surface area (Å²) in [6.45, 7) is 4.63. The molecule has 0 spiro atoms. The summed E-state index contributed by atoms with van der Waals surface area (Å²) in [5.74, 6) is -0.199. The van der Waals surface area contributed by atoms with Gasteiger partial charge in [0, 0.05) is 38.8 Å². The lowest BCUT2D eigenvalue weighted by Gasteiger charge is -2.15. The van der Waals surface area contributed by atoms with Crippen LogP contribution in [-0.4, -0.2) is 42.9 Å². The molecule has 2 N–H and O–H groups in total. The van der Waals surface area contributed by atoms with Gasteiger partial charge in [-0.3, -0.25) is 9.59 Å². The van der Waals surface area contributed by atoms with Crippen LogP contribution in [0.2, 0.25) is 0 Å². The molecular weight excluding hydrogens is 328 g/mol. The molecular formula is C20H26N4O2. The van der Waals surface area contributed by atoms with Gasteiger partial charge in [-0.25, -0.2) is 0 Å². The summed E-state index contributed by atoms with van der Waals surface area (Å²) in [6, 6.07) is 10.1. The fourth-order valence-electron chi connectivity index (χ4n) is 2.93. The first-order chi connectivity index (χ1) is 12.6. The quantitative estimate of drug-likeness (QED) is 0.401. The third kappa shape index (κ3) is 5.92. The van der Waals surface area contributed by atoms with E-state index in [2.05, 4.69) is 29.7 Å². The minimum atomic E-state index is -0.386. The summed E-state index contributed by atoms with van der Waals surface area (Å²) in [6.07, 6.45) is 4.53. The highest BCUT2D eigenvalue weighted by atomic mass is 16.2. The van der Waals surface area contributed by atoms with E-state index in [1.807, 2.05) is 23.1 Å². The first-order valence-electron chi connectivity index (χ1n) is 9.06. The van der Waals surface area contributed by atoms with E-state index in [0.29, 0.717) is 32.5 Å². The molecule has 6 nitrogen and oxygen atoms in total. The summed E-state index contributed by atoms with van der Waals surface area (Å²) >= 11 is 0. The second kappa shape index (κ2) is 10.2. The number of amides is 2. The number of rotatable bonds is 9. The van der Waals surface area contributed by atoms with Crippen molar-refractivity contribution in [1.29, 1.82) is 5.26 Å². The van der Waals surface area contributed by atoms with E-state index in [4.69, 9.17) is 5.26 Å². The molecule has 2 amide bonds. The van der Waals surface area contributed by atoms with E-state index in [9.17, 15) is 9.59 Å². The highest BCUT2D eigenvalue weighted by molar-refractivity contribution is 5.97. The third-order valence-corrected chi connectivity index (χ3v) is 4.47. The van der Waals surface area contributed by atoms with Crippen molar-refractivity contribution in [2.75, 3.05) is 26.2 Å². The molecule has 1 saturated heterocycles. The minimum absolute atomic E-state index is 0.0621. The van der Waals surface area contributed by atoms with Gasteiger partial charge in [0.1, 0.15) is 11.6 Å². The molecule has 0 unspecified atom stereocenters. The lowest BCUT2D eigenvalue weighted by atomic mass is 10.1. The maximum atomic E-state index is 12.0. The zero-order valence-electron chi connectivity index (χ0n) is 15.3. The Bertz CT molecular complexity index is 706. The molecule has 0 atom stereocenters. The first-order valence-corrected chi connectivity index (χ1v) is 9.06. The molecule has 1 fully saturated rings. The Labute approximate surface area is 154 Å². The van der Waals surface area contributed by atoms with Crippen molar-refractivity contribution in [3.05, 3.63) is 47.2 Å². The number of likely N-dealkylation sites (tertiary alicyclic amines) is 1. The SMILES string of the molecule is Cc1ccccc1CCN/C=C(/C#N)C(=O)NCCCN1CCCC1=O. The van der Waals surface area contributed by atoms with Crippen LogP contribution >= 0.6 is 0 Å². The van der Waals surface area contributed by atoms with Gasteiger partial charge in [0.25, 0.3) is 5.91 Å². The molecule has 138 valence electrons. The lowest BCUT2D eigenvalue weighted by molar-refractivity contribution is -0.127. The largest absolute Gasteiger partial charge is 0.389 e. The number of aryl methyl sites for hydroxylation is 1. The van der Waals surface area contributed by atoms with Gasteiger partial charge in [-0.05, 0) is 37.3 Å². The van der Waals surface area contributed by atoms with E-state index in [-0.39, 0.29) is 17.4 Å². The summed E-state index contributed by atoms with van der Waals surface area (Å²) in [5, 5.41) is 14.9. The van der Waals surface area contributed by atoms with Crippen molar-refractivity contribution in [3.8, 4) is 6.07 Å². The van der Waals surface area contributed by atoms with Crippen molar-refractivity contribution in [1.82, 2.24) is 15.5 Å². The zero-order chi connectivity index (χ0) is 18.8. The number of nitrogens with one attached hydrogen (secondary N) is 2. The zero-order valence-corrected chi connectivity index (χ0v) is 15.3. The van der Waals surface area contributed by atoms with Crippen molar-refractivity contribution >= 4 is 11.8 Å². The number of hydrogen-bond acceptors (Lipinski definition) is 4. The summed E-state index contributed by atoms with van der Waals surface area (Å²) in [5.41, 5.74) is 2.54. The molecule has 1 aliphatic heterocycles. The Hall–Kier alpha value is -2.81. The molecule has 1 heterocycles. The molecule has 6 heteroatoms. The van der Waals surface area contributed by atoms with Gasteiger partial charge in [0.05, 0.1) is 0 Å². The molecule has 1 aromatic carbocycles. The van der Waals surface area contributed by atoms with Crippen LogP contribution in [0.1, 0.15) is 30.4 Å². The molecule has 26 heavy (non-hydrogen) atoms. The standard InChI is InChI=1S/C20H26N4O2/c1-16-6-2-3-7-17(16)9-11-22-15-18(14-21)20(26)23-10-5-13-24-12-4-8-19(24)25/h2-3,6-7,15,22H,4-5,8-13H2,1H3,(H,23,26)/b18-15-. The number of nitriles is 1. The molecule has 0 radical (unpaired) electrons. The second-order valence-electron chi connectivity index (χ2n) is 6.39. The number of carbonyl (C=O) groups excluding carboxylic acids is 2. The second-order valence-corrected chi connectivity index (χ2v) is 6.39. The molecule has 0 saturated carbocycles. The molecule has 1 aromatic rings. The number of nitrogens with zero attached hydrogens (tertiary/aromatic N) is 2. The Morgan fingerprint density at radius 2 is 2.15 bits per heavy atom. The molecule has 0 bridgehead atoms. The van der Waals surface area contributed by atoms with E-state index in [0.717, 1.165) is 19.4 Å². The maximum absolute atomic E-state index is 12.0. The highest BCUT2D eigenvalue weighted by Crippen LogP contribution is 2.09. The molecule has 2 rings (SSSR count). The topological polar surface area (TPSA) is 85.2 Å².